The summed E-state index contributed by atoms with van der Waals surface area (Å²) < 4.78 is 0. The van der Waals surface area contributed by atoms with Gasteiger partial charge in [0, 0.05) is 19.2 Å². The SMILES string of the molecule is Cc1ccc([N+](=O)[O-])c(N2CC(C)CC(C(=O)O)C2)c1. The third kappa shape index (κ3) is 2.89. The Morgan fingerprint density at radius 1 is 1.45 bits per heavy atom. The Bertz CT molecular complexity index is 544. The molecule has 0 radical (unpaired) electrons. The number of piperidine rings is 1. The fourth-order valence-electron chi connectivity index (χ4n) is 2.77. The molecule has 6 heteroatoms. The molecular weight excluding hydrogens is 260 g/mol. The van der Waals surface area contributed by atoms with Crippen molar-refractivity contribution in [1.82, 2.24) is 0 Å². The van der Waals surface area contributed by atoms with Crippen molar-refractivity contribution in [3.8, 4) is 0 Å². The maximum absolute atomic E-state index is 11.2. The van der Waals surface area contributed by atoms with Gasteiger partial charge in [0.1, 0.15) is 5.69 Å². The van der Waals surface area contributed by atoms with Crippen LogP contribution >= 0.6 is 0 Å². The number of nitro groups is 1. The van der Waals surface area contributed by atoms with Gasteiger partial charge in [-0.25, -0.2) is 0 Å². The Kier molecular flexibility index (Phi) is 3.92. The summed E-state index contributed by atoms with van der Waals surface area (Å²) in [5.41, 5.74) is 1.48. The number of aryl methyl sites for hydroxylation is 1. The number of aliphatic carboxylic acids is 1. The summed E-state index contributed by atoms with van der Waals surface area (Å²) in [6, 6.07) is 4.94. The van der Waals surface area contributed by atoms with Crippen molar-refractivity contribution in [2.75, 3.05) is 18.0 Å². The smallest absolute Gasteiger partial charge is 0.308 e. The second kappa shape index (κ2) is 5.48. The van der Waals surface area contributed by atoms with Crippen LogP contribution in [0, 0.1) is 28.9 Å². The lowest BCUT2D eigenvalue weighted by molar-refractivity contribution is -0.384. The largest absolute Gasteiger partial charge is 0.481 e. The normalized spacial score (nSPS) is 22.6. The average molecular weight is 278 g/mol. The van der Waals surface area contributed by atoms with Crippen LogP contribution in [0.3, 0.4) is 0 Å². The van der Waals surface area contributed by atoms with E-state index in [-0.39, 0.29) is 11.6 Å². The lowest BCUT2D eigenvalue weighted by Gasteiger charge is -2.36. The van der Waals surface area contributed by atoms with Crippen molar-refractivity contribution in [2.45, 2.75) is 20.3 Å². The third-order valence-corrected chi connectivity index (χ3v) is 3.68. The maximum atomic E-state index is 11.2. The van der Waals surface area contributed by atoms with Gasteiger partial charge in [0.15, 0.2) is 0 Å². The van der Waals surface area contributed by atoms with Crippen LogP contribution in [0.1, 0.15) is 18.9 Å². The monoisotopic (exact) mass is 278 g/mol. The molecule has 20 heavy (non-hydrogen) atoms. The fourth-order valence-corrected chi connectivity index (χ4v) is 2.77. The van der Waals surface area contributed by atoms with Crippen molar-refractivity contribution in [2.24, 2.45) is 11.8 Å². The second-order valence-corrected chi connectivity index (χ2v) is 5.53. The molecule has 0 aromatic heterocycles. The van der Waals surface area contributed by atoms with E-state index in [4.69, 9.17) is 0 Å². The Morgan fingerprint density at radius 3 is 2.75 bits per heavy atom. The highest BCUT2D eigenvalue weighted by Crippen LogP contribution is 2.33. The van der Waals surface area contributed by atoms with Gasteiger partial charge < -0.3 is 10.0 Å². The molecule has 0 bridgehead atoms. The average Bonchev–Trinajstić information content (AvgIpc) is 2.37. The van der Waals surface area contributed by atoms with Crippen LogP contribution < -0.4 is 4.90 Å². The Morgan fingerprint density at radius 2 is 2.15 bits per heavy atom. The molecule has 2 rings (SSSR count). The first kappa shape index (κ1) is 14.3. The van der Waals surface area contributed by atoms with Crippen molar-refractivity contribution >= 4 is 17.3 Å². The lowest BCUT2D eigenvalue weighted by atomic mass is 9.90. The number of carbonyl (C=O) groups is 1. The van der Waals surface area contributed by atoms with Crippen LogP contribution in [0.4, 0.5) is 11.4 Å². The van der Waals surface area contributed by atoms with Gasteiger partial charge in [-0.15, -0.1) is 0 Å². The molecule has 6 nitrogen and oxygen atoms in total. The molecule has 1 aliphatic rings. The van der Waals surface area contributed by atoms with E-state index in [9.17, 15) is 20.0 Å². The number of carboxylic acids is 1. The zero-order chi connectivity index (χ0) is 14.9. The zero-order valence-corrected chi connectivity index (χ0v) is 11.6. The summed E-state index contributed by atoms with van der Waals surface area (Å²) in [6.07, 6.45) is 0.617. The van der Waals surface area contributed by atoms with Crippen LogP contribution in [0.25, 0.3) is 0 Å². The van der Waals surface area contributed by atoms with Crippen molar-refractivity contribution < 1.29 is 14.8 Å². The van der Waals surface area contributed by atoms with Gasteiger partial charge in [0.25, 0.3) is 5.69 Å². The minimum absolute atomic E-state index is 0.0360. The molecule has 1 aromatic rings. The quantitative estimate of drug-likeness (QED) is 0.678. The molecule has 1 fully saturated rings. The van der Waals surface area contributed by atoms with Crippen LogP contribution in [-0.4, -0.2) is 29.1 Å². The van der Waals surface area contributed by atoms with Crippen LogP contribution in [0.2, 0.25) is 0 Å². The molecule has 0 spiro atoms. The van der Waals surface area contributed by atoms with Crippen LogP contribution in [-0.2, 0) is 4.79 Å². The number of rotatable bonds is 3. The van der Waals surface area contributed by atoms with Crippen molar-refractivity contribution in [1.29, 1.82) is 0 Å². The Labute approximate surface area is 117 Å². The minimum Gasteiger partial charge on any atom is -0.481 e. The summed E-state index contributed by atoms with van der Waals surface area (Å²) in [6.45, 7) is 4.82. The standard InChI is InChI=1S/C14H18N2O4/c1-9-3-4-12(16(19)20)13(6-9)15-7-10(2)5-11(8-15)14(17)18/h3-4,6,10-11H,5,7-8H2,1-2H3,(H,17,18). The number of carboxylic acid groups (broad SMARTS) is 1. The summed E-state index contributed by atoms with van der Waals surface area (Å²) >= 11 is 0. The molecule has 1 N–H and O–H groups in total. The predicted molar refractivity (Wildman–Crippen MR) is 75.0 cm³/mol. The molecule has 108 valence electrons. The minimum atomic E-state index is -0.836. The highest BCUT2D eigenvalue weighted by Gasteiger charge is 2.32. The maximum Gasteiger partial charge on any atom is 0.308 e. The van der Waals surface area contributed by atoms with Crippen molar-refractivity contribution in [3.05, 3.63) is 33.9 Å². The molecule has 1 saturated heterocycles. The number of hydrogen-bond donors (Lipinski definition) is 1. The van der Waals surface area contributed by atoms with E-state index in [2.05, 4.69) is 0 Å². The number of benzene rings is 1. The van der Waals surface area contributed by atoms with Crippen LogP contribution in [0.5, 0.6) is 0 Å². The first-order valence-corrected chi connectivity index (χ1v) is 6.61. The Hall–Kier alpha value is -2.11. The summed E-state index contributed by atoms with van der Waals surface area (Å²) in [5.74, 6) is -1.11. The number of hydrogen-bond acceptors (Lipinski definition) is 4. The van der Waals surface area contributed by atoms with Gasteiger partial charge in [-0.1, -0.05) is 13.0 Å². The summed E-state index contributed by atoms with van der Waals surface area (Å²) in [5, 5.41) is 20.3. The lowest BCUT2D eigenvalue weighted by Crippen LogP contribution is -2.42. The molecular formula is C14H18N2O4. The van der Waals surface area contributed by atoms with E-state index in [0.717, 1.165) is 5.56 Å². The van der Waals surface area contributed by atoms with E-state index in [1.165, 1.54) is 6.07 Å². The molecule has 2 atom stereocenters. The molecule has 0 amide bonds. The van der Waals surface area contributed by atoms with Gasteiger partial charge in [-0.3, -0.25) is 14.9 Å². The number of anilines is 1. The fraction of sp³-hybridized carbons (Fsp3) is 0.500. The molecule has 1 heterocycles. The first-order valence-electron chi connectivity index (χ1n) is 6.61. The van der Waals surface area contributed by atoms with Gasteiger partial charge in [-0.05, 0) is 30.9 Å². The Balaban J connectivity index is 2.37. The van der Waals surface area contributed by atoms with E-state index in [1.54, 1.807) is 12.1 Å². The van der Waals surface area contributed by atoms with Gasteiger partial charge in [0.2, 0.25) is 0 Å². The van der Waals surface area contributed by atoms with E-state index < -0.39 is 16.8 Å². The van der Waals surface area contributed by atoms with Crippen molar-refractivity contribution in [3.63, 3.8) is 0 Å². The molecule has 1 aliphatic heterocycles. The molecule has 0 saturated carbocycles. The van der Waals surface area contributed by atoms with Crippen LogP contribution in [0.15, 0.2) is 18.2 Å². The number of nitro benzene ring substituents is 1. The summed E-state index contributed by atoms with van der Waals surface area (Å²) in [4.78, 5) is 23.8. The van der Waals surface area contributed by atoms with E-state index in [0.29, 0.717) is 25.2 Å². The molecule has 2 unspecified atom stereocenters. The zero-order valence-electron chi connectivity index (χ0n) is 11.6. The molecule has 1 aromatic carbocycles. The predicted octanol–water partition coefficient (Wildman–Crippen LogP) is 2.45. The van der Waals surface area contributed by atoms with Gasteiger partial charge >= 0.3 is 5.97 Å². The highest BCUT2D eigenvalue weighted by molar-refractivity contribution is 5.72. The van der Waals surface area contributed by atoms with Gasteiger partial charge in [0.05, 0.1) is 10.8 Å². The highest BCUT2D eigenvalue weighted by atomic mass is 16.6. The van der Waals surface area contributed by atoms with E-state index >= 15 is 0 Å². The molecule has 0 aliphatic carbocycles. The third-order valence-electron chi connectivity index (χ3n) is 3.68. The van der Waals surface area contributed by atoms with E-state index in [1.807, 2.05) is 18.7 Å². The second-order valence-electron chi connectivity index (χ2n) is 5.53. The summed E-state index contributed by atoms with van der Waals surface area (Å²) in [7, 11) is 0. The first-order chi connectivity index (χ1) is 9.38. The number of nitrogens with zero attached hydrogens (tertiary/aromatic N) is 2. The topological polar surface area (TPSA) is 83.7 Å². The van der Waals surface area contributed by atoms with Gasteiger partial charge in [-0.2, -0.15) is 0 Å².